The van der Waals surface area contributed by atoms with Crippen molar-refractivity contribution < 1.29 is 55.2 Å². The number of carbonyl (C=O) groups is 2. The minimum Gasteiger partial charge on any atom is -0.481 e. The molecule has 0 fully saturated rings. The van der Waals surface area contributed by atoms with E-state index in [1.807, 2.05) is 62.4 Å². The molecule has 72 heavy (non-hydrogen) atoms. The summed E-state index contributed by atoms with van der Waals surface area (Å²) in [5.74, 6) is -1.05. The van der Waals surface area contributed by atoms with Crippen LogP contribution in [0.4, 0.5) is 26.3 Å². The van der Waals surface area contributed by atoms with Crippen LogP contribution in [0.25, 0.3) is 67.9 Å². The summed E-state index contributed by atoms with van der Waals surface area (Å²) in [4.78, 5) is 31.2. The Labute approximate surface area is 411 Å². The van der Waals surface area contributed by atoms with Crippen molar-refractivity contribution in [3.63, 3.8) is 0 Å². The third kappa shape index (κ3) is 12.2. The smallest absolute Gasteiger partial charge is 0.417 e. The van der Waals surface area contributed by atoms with Gasteiger partial charge in [0.05, 0.1) is 23.0 Å². The maximum Gasteiger partial charge on any atom is 0.417 e. The van der Waals surface area contributed by atoms with E-state index in [9.17, 15) is 35.9 Å². The van der Waals surface area contributed by atoms with Gasteiger partial charge in [-0.1, -0.05) is 135 Å². The van der Waals surface area contributed by atoms with Crippen LogP contribution >= 0.6 is 0 Å². The molecule has 0 saturated heterocycles. The maximum atomic E-state index is 13.5. The van der Waals surface area contributed by atoms with Gasteiger partial charge in [-0.3, -0.25) is 9.59 Å². The van der Waals surface area contributed by atoms with Crippen molar-refractivity contribution in [1.82, 2.24) is 20.3 Å². The van der Waals surface area contributed by atoms with Gasteiger partial charge < -0.3 is 19.3 Å². The summed E-state index contributed by atoms with van der Waals surface area (Å²) in [6, 6.07) is 36.1. The first-order valence-corrected chi connectivity index (χ1v) is 23.0. The Morgan fingerprint density at radius 1 is 0.486 bits per heavy atom. The van der Waals surface area contributed by atoms with E-state index in [4.69, 9.17) is 19.3 Å². The molecule has 16 heteroatoms. The number of aromatic nitrogens is 4. The SMILES string of the molecule is Cc1cc(-c2nc(-c3ccc([C@@H](C)C[C@H](C)C(=O)O)cc3)no2)ccc1-c1ccccc1C(F)(F)F.Cc1cc(-c2nc(-c3ccc([C@H](C)C[C@@H](C)C(=O)O)cc3)no2)ccc1-c1ccccc1C(F)(F)F. The molecule has 0 saturated carbocycles. The molecule has 372 valence electrons. The van der Waals surface area contributed by atoms with Crippen molar-refractivity contribution in [2.24, 2.45) is 11.8 Å². The molecule has 10 nitrogen and oxygen atoms in total. The van der Waals surface area contributed by atoms with Gasteiger partial charge >= 0.3 is 24.3 Å². The van der Waals surface area contributed by atoms with Gasteiger partial charge in [0.1, 0.15) is 0 Å². The number of benzene rings is 6. The Bertz CT molecular complexity index is 2970. The number of hydrogen-bond donors (Lipinski definition) is 2. The van der Waals surface area contributed by atoms with Crippen LogP contribution in [0.15, 0.2) is 143 Å². The molecular formula is C56H50F6N4O6. The molecule has 0 aliphatic heterocycles. The van der Waals surface area contributed by atoms with Gasteiger partial charge in [0, 0.05) is 22.3 Å². The summed E-state index contributed by atoms with van der Waals surface area (Å²) in [6.45, 7) is 10.8. The second-order valence-electron chi connectivity index (χ2n) is 18.0. The lowest BCUT2D eigenvalue weighted by molar-refractivity contribution is -0.142. The lowest BCUT2D eigenvalue weighted by atomic mass is 9.91. The Kier molecular flexibility index (Phi) is 15.6. The molecule has 2 heterocycles. The number of rotatable bonds is 14. The van der Waals surface area contributed by atoms with Crippen LogP contribution in [0.2, 0.25) is 0 Å². The number of carboxylic acids is 2. The number of halogens is 6. The maximum absolute atomic E-state index is 13.5. The zero-order valence-corrected chi connectivity index (χ0v) is 40.0. The van der Waals surface area contributed by atoms with E-state index >= 15 is 0 Å². The average Bonchev–Trinajstić information content (AvgIpc) is 4.06. The molecular weight excluding hydrogens is 939 g/mol. The summed E-state index contributed by atoms with van der Waals surface area (Å²) in [5, 5.41) is 26.4. The summed E-state index contributed by atoms with van der Waals surface area (Å²) >= 11 is 0. The van der Waals surface area contributed by atoms with E-state index in [1.165, 1.54) is 24.3 Å². The van der Waals surface area contributed by atoms with E-state index in [2.05, 4.69) is 20.3 Å². The third-order valence-electron chi connectivity index (χ3n) is 12.6. The van der Waals surface area contributed by atoms with Gasteiger partial charge in [-0.15, -0.1) is 0 Å². The second-order valence-corrected chi connectivity index (χ2v) is 18.0. The van der Waals surface area contributed by atoms with E-state index < -0.39 is 47.3 Å². The van der Waals surface area contributed by atoms with E-state index in [1.54, 1.807) is 76.2 Å². The molecule has 8 aromatic rings. The molecule has 8 rings (SSSR count). The first kappa shape index (κ1) is 52.0. The zero-order chi connectivity index (χ0) is 52.1. The molecule has 0 radical (unpaired) electrons. The average molecular weight is 989 g/mol. The van der Waals surface area contributed by atoms with Gasteiger partial charge in [0.25, 0.3) is 11.8 Å². The number of alkyl halides is 6. The number of hydrogen-bond acceptors (Lipinski definition) is 8. The minimum atomic E-state index is -4.45. The van der Waals surface area contributed by atoms with E-state index in [-0.39, 0.29) is 34.7 Å². The van der Waals surface area contributed by atoms with Gasteiger partial charge in [-0.05, 0) is 119 Å². The van der Waals surface area contributed by atoms with Crippen molar-refractivity contribution in [2.75, 3.05) is 0 Å². The highest BCUT2D eigenvalue weighted by atomic mass is 19.4. The molecule has 0 aliphatic rings. The van der Waals surface area contributed by atoms with Gasteiger partial charge in [-0.25, -0.2) is 0 Å². The molecule has 2 N–H and O–H groups in total. The molecule has 4 atom stereocenters. The molecule has 0 unspecified atom stereocenters. The minimum absolute atomic E-state index is 0.0787. The third-order valence-corrected chi connectivity index (χ3v) is 12.6. The lowest BCUT2D eigenvalue weighted by Gasteiger charge is -2.15. The van der Waals surface area contributed by atoms with Crippen molar-refractivity contribution >= 4 is 11.9 Å². The van der Waals surface area contributed by atoms with E-state index in [0.717, 1.165) is 34.4 Å². The van der Waals surface area contributed by atoms with Crippen LogP contribution in [0.5, 0.6) is 0 Å². The zero-order valence-electron chi connectivity index (χ0n) is 40.0. The fraction of sp³-hybridized carbons (Fsp3) is 0.250. The standard InChI is InChI=1S/2C28H25F3N2O3/c2*1-16(14-18(3)27(34)35)19-8-10-20(11-9-19)25-32-26(36-33-25)21-12-13-22(17(2)15-21)23-6-4-5-7-24(23)28(29,30)31/h2*4-13,15-16,18H,14H2,1-3H3,(H,34,35)/t2*16-,18-/m10/s1. The largest absolute Gasteiger partial charge is 0.481 e. The fourth-order valence-electron chi connectivity index (χ4n) is 8.50. The molecule has 0 bridgehead atoms. The molecule has 0 amide bonds. The van der Waals surface area contributed by atoms with Crippen LogP contribution in [0, 0.1) is 25.7 Å². The highest BCUT2D eigenvalue weighted by molar-refractivity contribution is 5.76. The van der Waals surface area contributed by atoms with Crippen LogP contribution in [0.1, 0.15) is 85.8 Å². The Morgan fingerprint density at radius 3 is 1.14 bits per heavy atom. The van der Waals surface area contributed by atoms with Crippen molar-refractivity contribution in [3.8, 4) is 67.9 Å². The normalized spacial score (nSPS) is 13.4. The summed E-state index contributed by atoms with van der Waals surface area (Å²) in [6.07, 6.45) is -7.84. The van der Waals surface area contributed by atoms with Gasteiger partial charge in [0.2, 0.25) is 11.6 Å². The quantitative estimate of drug-likeness (QED) is 0.101. The van der Waals surface area contributed by atoms with E-state index in [0.29, 0.717) is 57.9 Å². The predicted molar refractivity (Wildman–Crippen MR) is 260 cm³/mol. The number of carboxylic acid groups (broad SMARTS) is 2. The van der Waals surface area contributed by atoms with Crippen molar-refractivity contribution in [1.29, 1.82) is 0 Å². The van der Waals surface area contributed by atoms with Crippen LogP contribution in [-0.2, 0) is 21.9 Å². The Morgan fingerprint density at radius 2 is 0.819 bits per heavy atom. The summed E-state index contributed by atoms with van der Waals surface area (Å²) in [5.41, 5.74) is 5.84. The molecule has 0 aliphatic carbocycles. The number of nitrogens with zero attached hydrogens (tertiary/aromatic N) is 4. The topological polar surface area (TPSA) is 152 Å². The monoisotopic (exact) mass is 988 g/mol. The molecule has 0 spiro atoms. The van der Waals surface area contributed by atoms with Crippen molar-refractivity contribution in [2.45, 2.75) is 78.6 Å². The Hall–Kier alpha value is -7.88. The number of aryl methyl sites for hydroxylation is 2. The summed E-state index contributed by atoms with van der Waals surface area (Å²) in [7, 11) is 0. The predicted octanol–water partition coefficient (Wildman–Crippen LogP) is 15.2. The first-order chi connectivity index (χ1) is 34.1. The highest BCUT2D eigenvalue weighted by Crippen LogP contribution is 2.41. The fourth-order valence-corrected chi connectivity index (χ4v) is 8.50. The van der Waals surface area contributed by atoms with Crippen LogP contribution in [-0.4, -0.2) is 42.4 Å². The first-order valence-electron chi connectivity index (χ1n) is 23.0. The van der Waals surface area contributed by atoms with Crippen LogP contribution < -0.4 is 0 Å². The van der Waals surface area contributed by atoms with Crippen LogP contribution in [0.3, 0.4) is 0 Å². The Balaban J connectivity index is 0.000000211. The highest BCUT2D eigenvalue weighted by Gasteiger charge is 2.35. The van der Waals surface area contributed by atoms with Gasteiger partial charge in [0.15, 0.2) is 0 Å². The second kappa shape index (κ2) is 21.6. The molecule has 6 aromatic carbocycles. The molecule has 2 aromatic heterocycles. The number of aliphatic carboxylic acids is 2. The summed E-state index contributed by atoms with van der Waals surface area (Å²) < 4.78 is 91.7. The van der Waals surface area contributed by atoms with Gasteiger partial charge in [-0.2, -0.15) is 36.3 Å². The van der Waals surface area contributed by atoms with Crippen molar-refractivity contribution in [3.05, 3.63) is 167 Å². The lowest BCUT2D eigenvalue weighted by Crippen LogP contribution is -2.12.